The van der Waals surface area contributed by atoms with Gasteiger partial charge >= 0.3 is 6.03 Å². The van der Waals surface area contributed by atoms with Crippen molar-refractivity contribution in [1.82, 2.24) is 5.32 Å². The zero-order chi connectivity index (χ0) is 15.4. The predicted octanol–water partition coefficient (Wildman–Crippen LogP) is 0.704. The normalized spacial score (nSPS) is 28.4. The average molecular weight is 298 g/mol. The number of carbonyl (C=O) groups is 1. The first kappa shape index (κ1) is 15.7. The van der Waals surface area contributed by atoms with E-state index in [9.17, 15) is 19.4 Å². The first-order valence-corrected chi connectivity index (χ1v) is 6.69. The minimum absolute atomic E-state index is 0.232. The number of urea groups is 1. The molecule has 0 heterocycles. The predicted molar refractivity (Wildman–Crippen MR) is 74.3 cm³/mol. The third-order valence-corrected chi connectivity index (χ3v) is 3.58. The summed E-state index contributed by atoms with van der Waals surface area (Å²) in [5, 5.41) is 24.8. The van der Waals surface area contributed by atoms with E-state index >= 15 is 0 Å². The number of rotatable bonds is 4. The van der Waals surface area contributed by atoms with Gasteiger partial charge in [0.25, 0.3) is 0 Å². The van der Waals surface area contributed by atoms with Gasteiger partial charge in [0.1, 0.15) is 11.9 Å². The second-order valence-electron chi connectivity index (χ2n) is 5.15. The number of anilines is 1. The fraction of sp³-hybridized carbons (Fsp3) is 0.500. The molecule has 1 aliphatic rings. The van der Waals surface area contributed by atoms with Gasteiger partial charge in [-0.2, -0.15) is 0 Å². The minimum atomic E-state index is -1.05. The van der Waals surface area contributed by atoms with Crippen LogP contribution in [0.25, 0.3) is 0 Å². The number of halogens is 1. The summed E-state index contributed by atoms with van der Waals surface area (Å²) >= 11 is 0. The van der Waals surface area contributed by atoms with Gasteiger partial charge in [0, 0.05) is 18.7 Å². The molecule has 1 aromatic rings. The number of carbonyl (C=O) groups excluding carboxylic acids is 1. The highest BCUT2D eigenvalue weighted by Crippen LogP contribution is 2.27. The van der Waals surface area contributed by atoms with Gasteiger partial charge in [-0.3, -0.25) is 0 Å². The molecule has 4 atom stereocenters. The smallest absolute Gasteiger partial charge is 0.319 e. The monoisotopic (exact) mass is 298 g/mol. The SMILES string of the molecule is COC[C@H]1C[C@@H](NC(=O)Nc2cccc(F)c2)[C@H](O)[C@@H]1O. The summed E-state index contributed by atoms with van der Waals surface area (Å²) in [6.45, 7) is 0.307. The number of hydrogen-bond acceptors (Lipinski definition) is 4. The Balaban J connectivity index is 1.91. The molecule has 4 N–H and O–H groups in total. The molecule has 0 saturated heterocycles. The highest BCUT2D eigenvalue weighted by atomic mass is 19.1. The van der Waals surface area contributed by atoms with Crippen molar-refractivity contribution in [3.63, 3.8) is 0 Å². The number of benzene rings is 1. The van der Waals surface area contributed by atoms with E-state index in [0.29, 0.717) is 18.7 Å². The maximum atomic E-state index is 13.0. The number of aliphatic hydroxyl groups is 2. The number of methoxy groups -OCH3 is 1. The number of nitrogens with one attached hydrogen (secondary N) is 2. The molecule has 1 aromatic carbocycles. The molecule has 1 saturated carbocycles. The molecule has 2 amide bonds. The van der Waals surface area contributed by atoms with Gasteiger partial charge in [-0.25, -0.2) is 9.18 Å². The maximum absolute atomic E-state index is 13.0. The number of hydrogen-bond donors (Lipinski definition) is 4. The molecular formula is C14H19FN2O4. The Morgan fingerprint density at radius 1 is 1.43 bits per heavy atom. The summed E-state index contributed by atoms with van der Waals surface area (Å²) in [6, 6.07) is 4.36. The lowest BCUT2D eigenvalue weighted by Crippen LogP contribution is -2.44. The Morgan fingerprint density at radius 3 is 2.86 bits per heavy atom. The molecule has 116 valence electrons. The van der Waals surface area contributed by atoms with E-state index in [1.807, 2.05) is 0 Å². The van der Waals surface area contributed by atoms with Gasteiger partial charge in [0.05, 0.1) is 18.8 Å². The Bertz CT molecular complexity index is 500. The quantitative estimate of drug-likeness (QED) is 0.659. The van der Waals surface area contributed by atoms with Crippen LogP contribution in [0.5, 0.6) is 0 Å². The summed E-state index contributed by atoms with van der Waals surface area (Å²) in [6.07, 6.45) is -1.58. The topological polar surface area (TPSA) is 90.8 Å². The van der Waals surface area contributed by atoms with E-state index in [-0.39, 0.29) is 5.92 Å². The van der Waals surface area contributed by atoms with Gasteiger partial charge in [-0.05, 0) is 24.6 Å². The Morgan fingerprint density at radius 2 is 2.19 bits per heavy atom. The standard InChI is InChI=1S/C14H19FN2O4/c1-21-7-8-5-11(13(19)12(8)18)17-14(20)16-10-4-2-3-9(15)6-10/h2-4,6,8,11-13,18-19H,5,7H2,1H3,(H2,16,17,20)/t8-,11-,12-,13+/m1/s1. The van der Waals surface area contributed by atoms with Crippen molar-refractivity contribution in [3.8, 4) is 0 Å². The zero-order valence-electron chi connectivity index (χ0n) is 11.6. The van der Waals surface area contributed by atoms with Gasteiger partial charge in [0.2, 0.25) is 0 Å². The van der Waals surface area contributed by atoms with Gasteiger partial charge in [-0.1, -0.05) is 6.07 Å². The lowest BCUT2D eigenvalue weighted by Gasteiger charge is -2.18. The van der Waals surface area contributed by atoms with Crippen molar-refractivity contribution in [3.05, 3.63) is 30.1 Å². The molecule has 0 unspecified atom stereocenters. The van der Waals surface area contributed by atoms with E-state index < -0.39 is 30.1 Å². The van der Waals surface area contributed by atoms with Gasteiger partial charge < -0.3 is 25.6 Å². The first-order chi connectivity index (χ1) is 10.0. The molecule has 6 nitrogen and oxygen atoms in total. The number of amides is 2. The lowest BCUT2D eigenvalue weighted by atomic mass is 10.1. The van der Waals surface area contributed by atoms with E-state index in [1.165, 1.54) is 25.3 Å². The molecule has 0 radical (unpaired) electrons. The third kappa shape index (κ3) is 3.90. The van der Waals surface area contributed by atoms with Crippen LogP contribution >= 0.6 is 0 Å². The fourth-order valence-corrected chi connectivity index (χ4v) is 2.55. The number of aliphatic hydroxyl groups excluding tert-OH is 2. The second-order valence-corrected chi connectivity index (χ2v) is 5.15. The molecule has 7 heteroatoms. The van der Waals surface area contributed by atoms with Crippen molar-refractivity contribution in [1.29, 1.82) is 0 Å². The molecule has 0 bridgehead atoms. The third-order valence-electron chi connectivity index (χ3n) is 3.58. The van der Waals surface area contributed by atoms with E-state index in [1.54, 1.807) is 6.07 Å². The minimum Gasteiger partial charge on any atom is -0.390 e. The first-order valence-electron chi connectivity index (χ1n) is 6.69. The molecule has 21 heavy (non-hydrogen) atoms. The summed E-state index contributed by atoms with van der Waals surface area (Å²) in [4.78, 5) is 11.8. The van der Waals surface area contributed by atoms with Crippen molar-refractivity contribution in [2.45, 2.75) is 24.7 Å². The molecule has 1 fully saturated rings. The van der Waals surface area contributed by atoms with Crippen LogP contribution in [0.1, 0.15) is 6.42 Å². The van der Waals surface area contributed by atoms with Gasteiger partial charge in [0.15, 0.2) is 0 Å². The van der Waals surface area contributed by atoms with Gasteiger partial charge in [-0.15, -0.1) is 0 Å². The Labute approximate surface area is 121 Å². The molecule has 2 rings (SSSR count). The van der Waals surface area contributed by atoms with E-state index in [0.717, 1.165) is 0 Å². The zero-order valence-corrected chi connectivity index (χ0v) is 11.6. The summed E-state index contributed by atoms with van der Waals surface area (Å²) in [7, 11) is 1.51. The number of ether oxygens (including phenoxy) is 1. The van der Waals surface area contributed by atoms with Crippen LogP contribution in [-0.2, 0) is 4.74 Å². The molecular weight excluding hydrogens is 279 g/mol. The molecule has 1 aliphatic carbocycles. The van der Waals surface area contributed by atoms with Crippen LogP contribution in [0.15, 0.2) is 24.3 Å². The van der Waals surface area contributed by atoms with Crippen molar-refractivity contribution < 1.29 is 24.1 Å². The van der Waals surface area contributed by atoms with Crippen LogP contribution in [0, 0.1) is 11.7 Å². The van der Waals surface area contributed by atoms with Crippen molar-refractivity contribution in [2.75, 3.05) is 19.0 Å². The van der Waals surface area contributed by atoms with Crippen molar-refractivity contribution >= 4 is 11.7 Å². The van der Waals surface area contributed by atoms with Crippen LogP contribution in [0.3, 0.4) is 0 Å². The summed E-state index contributed by atoms with van der Waals surface area (Å²) < 4.78 is 18.0. The summed E-state index contributed by atoms with van der Waals surface area (Å²) in [5.74, 6) is -0.686. The fourth-order valence-electron chi connectivity index (χ4n) is 2.55. The Hall–Kier alpha value is -1.70. The maximum Gasteiger partial charge on any atom is 0.319 e. The van der Waals surface area contributed by atoms with Crippen LogP contribution < -0.4 is 10.6 Å². The molecule has 0 spiro atoms. The van der Waals surface area contributed by atoms with Crippen LogP contribution in [-0.4, -0.2) is 48.2 Å². The average Bonchev–Trinajstić information content (AvgIpc) is 2.67. The van der Waals surface area contributed by atoms with Crippen molar-refractivity contribution in [2.24, 2.45) is 5.92 Å². The summed E-state index contributed by atoms with van der Waals surface area (Å²) in [5.41, 5.74) is 0.314. The molecule has 0 aromatic heterocycles. The van der Waals surface area contributed by atoms with Crippen LogP contribution in [0.4, 0.5) is 14.9 Å². The van der Waals surface area contributed by atoms with Crippen LogP contribution in [0.2, 0.25) is 0 Å². The largest absolute Gasteiger partial charge is 0.390 e. The van der Waals surface area contributed by atoms with E-state index in [2.05, 4.69) is 10.6 Å². The highest BCUT2D eigenvalue weighted by molar-refractivity contribution is 5.89. The Kier molecular flexibility index (Phi) is 5.11. The molecule has 0 aliphatic heterocycles. The van der Waals surface area contributed by atoms with E-state index in [4.69, 9.17) is 4.74 Å². The highest BCUT2D eigenvalue weighted by Gasteiger charge is 2.42. The second kappa shape index (κ2) is 6.84. The lowest BCUT2D eigenvalue weighted by molar-refractivity contribution is -0.00487.